The van der Waals surface area contributed by atoms with Gasteiger partial charge in [0.2, 0.25) is 5.91 Å². The lowest BCUT2D eigenvalue weighted by atomic mass is 9.84. The fourth-order valence-electron chi connectivity index (χ4n) is 6.11. The van der Waals surface area contributed by atoms with Gasteiger partial charge in [-0.3, -0.25) is 9.69 Å². The van der Waals surface area contributed by atoms with Gasteiger partial charge in [0.15, 0.2) is 0 Å². The van der Waals surface area contributed by atoms with E-state index < -0.39 is 0 Å². The highest BCUT2D eigenvalue weighted by molar-refractivity contribution is 5.79. The maximum absolute atomic E-state index is 12.8. The summed E-state index contributed by atoms with van der Waals surface area (Å²) in [4.78, 5) is 20.2. The third kappa shape index (κ3) is 4.63. The first kappa shape index (κ1) is 23.1. The molecule has 0 radical (unpaired) electrons. The maximum atomic E-state index is 12.8. The zero-order chi connectivity index (χ0) is 23.7. The first-order chi connectivity index (χ1) is 16.5. The molecule has 1 saturated heterocycles. The number of nitrogens with zero attached hydrogens (tertiary/aromatic N) is 3. The summed E-state index contributed by atoms with van der Waals surface area (Å²) >= 11 is 0. The number of likely N-dealkylation sites (tertiary alicyclic amines) is 1. The molecule has 0 bridgehead atoms. The number of rotatable bonds is 7. The second kappa shape index (κ2) is 9.91. The van der Waals surface area contributed by atoms with Gasteiger partial charge in [0.05, 0.1) is 17.1 Å². The summed E-state index contributed by atoms with van der Waals surface area (Å²) in [5.41, 5.74) is 3.56. The molecule has 1 unspecified atom stereocenters. The predicted molar refractivity (Wildman–Crippen MR) is 138 cm³/mol. The topological polar surface area (TPSA) is 50.2 Å². The number of amides is 1. The van der Waals surface area contributed by atoms with Crippen molar-refractivity contribution < 1.29 is 4.79 Å². The molecule has 2 aromatic carbocycles. The Labute approximate surface area is 203 Å². The second-order valence-electron chi connectivity index (χ2n) is 10.5. The molecule has 5 heteroatoms. The number of fused-ring (bicyclic) bond motifs is 1. The number of hydrogen-bond donors (Lipinski definition) is 1. The van der Waals surface area contributed by atoms with Gasteiger partial charge in [0.1, 0.15) is 5.82 Å². The Morgan fingerprint density at radius 1 is 1.03 bits per heavy atom. The average molecular weight is 459 g/mol. The molecule has 4 atom stereocenters. The van der Waals surface area contributed by atoms with Crippen molar-refractivity contribution in [3.8, 4) is 0 Å². The van der Waals surface area contributed by atoms with Crippen molar-refractivity contribution in [1.29, 1.82) is 0 Å². The van der Waals surface area contributed by atoms with E-state index in [-0.39, 0.29) is 17.9 Å². The van der Waals surface area contributed by atoms with Crippen LogP contribution >= 0.6 is 0 Å². The van der Waals surface area contributed by atoms with Crippen molar-refractivity contribution >= 4 is 16.9 Å². The number of piperidine rings is 1. The molecule has 2 aliphatic rings. The average Bonchev–Trinajstić information content (AvgIpc) is 3.12. The number of carbonyl (C=O) groups is 1. The van der Waals surface area contributed by atoms with Crippen LogP contribution in [-0.4, -0.2) is 39.0 Å². The van der Waals surface area contributed by atoms with Crippen molar-refractivity contribution in [1.82, 2.24) is 19.8 Å². The molecule has 34 heavy (non-hydrogen) atoms. The summed E-state index contributed by atoms with van der Waals surface area (Å²) in [6, 6.07) is 20.5. The van der Waals surface area contributed by atoms with Crippen LogP contribution in [0.15, 0.2) is 54.6 Å². The zero-order valence-corrected chi connectivity index (χ0v) is 20.8. The van der Waals surface area contributed by atoms with Crippen LogP contribution in [0.25, 0.3) is 11.0 Å². The molecule has 0 spiro atoms. The summed E-state index contributed by atoms with van der Waals surface area (Å²) < 4.78 is 2.46. The van der Waals surface area contributed by atoms with Crippen LogP contribution in [0.5, 0.6) is 0 Å². The molecule has 2 fully saturated rings. The number of para-hydroxylation sites is 2. The van der Waals surface area contributed by atoms with Crippen LogP contribution in [0.1, 0.15) is 75.8 Å². The monoisotopic (exact) mass is 458 g/mol. The third-order valence-corrected chi connectivity index (χ3v) is 8.17. The molecule has 1 aliphatic heterocycles. The third-order valence-electron chi connectivity index (χ3n) is 8.17. The Morgan fingerprint density at radius 3 is 2.38 bits per heavy atom. The van der Waals surface area contributed by atoms with Gasteiger partial charge in [0, 0.05) is 30.6 Å². The molecular weight excluding hydrogens is 420 g/mol. The number of imidazole rings is 1. The maximum Gasteiger partial charge on any atom is 0.223 e. The van der Waals surface area contributed by atoms with Gasteiger partial charge in [-0.25, -0.2) is 4.98 Å². The zero-order valence-electron chi connectivity index (χ0n) is 20.8. The fraction of sp³-hybridized carbons (Fsp3) is 0.517. The lowest BCUT2D eigenvalue weighted by molar-refractivity contribution is -0.128. The van der Waals surface area contributed by atoms with Crippen LogP contribution in [-0.2, 0) is 4.79 Å². The molecule has 1 aliphatic carbocycles. The van der Waals surface area contributed by atoms with Crippen LogP contribution in [0.3, 0.4) is 0 Å². The van der Waals surface area contributed by atoms with Gasteiger partial charge in [-0.1, -0.05) is 48.9 Å². The Kier molecular flexibility index (Phi) is 6.73. The molecule has 5 nitrogen and oxygen atoms in total. The van der Waals surface area contributed by atoms with Crippen molar-refractivity contribution in [2.75, 3.05) is 6.54 Å². The van der Waals surface area contributed by atoms with E-state index >= 15 is 0 Å². The van der Waals surface area contributed by atoms with Crippen LogP contribution < -0.4 is 5.32 Å². The second-order valence-corrected chi connectivity index (χ2v) is 10.5. The quantitative estimate of drug-likeness (QED) is 0.486. The standard InChI is InChI=1S/C29H38N4O/c1-20-18-25(33-22(3)30-27-14-7-8-15-28(27)33)19-21(2)32(20)17-16-26(23-10-5-4-6-11-23)31-29(34)24-12-9-13-24/h4-8,10-11,14-15,20-21,24-26H,9,12-13,16-19H2,1-3H3,(H,31,34)/t20-,21+,25?,26-/m0/s1. The molecule has 180 valence electrons. The summed E-state index contributed by atoms with van der Waals surface area (Å²) in [7, 11) is 0. The van der Waals surface area contributed by atoms with E-state index in [1.807, 2.05) is 6.07 Å². The normalized spacial score (nSPS) is 24.6. The van der Waals surface area contributed by atoms with E-state index in [0.29, 0.717) is 18.1 Å². The first-order valence-electron chi connectivity index (χ1n) is 13.1. The highest BCUT2D eigenvalue weighted by Crippen LogP contribution is 2.35. The van der Waals surface area contributed by atoms with Gasteiger partial charge in [-0.05, 0) is 70.6 Å². The highest BCUT2D eigenvalue weighted by atomic mass is 16.2. The summed E-state index contributed by atoms with van der Waals surface area (Å²) in [6.45, 7) is 7.85. The molecule has 1 aromatic heterocycles. The molecule has 2 heterocycles. The van der Waals surface area contributed by atoms with E-state index in [1.165, 1.54) is 17.5 Å². The Balaban J connectivity index is 1.27. The molecule has 1 N–H and O–H groups in total. The number of carbonyl (C=O) groups excluding carboxylic acids is 1. The van der Waals surface area contributed by atoms with Crippen LogP contribution in [0, 0.1) is 12.8 Å². The summed E-state index contributed by atoms with van der Waals surface area (Å²) in [6.07, 6.45) is 6.44. The van der Waals surface area contributed by atoms with Crippen molar-refractivity contribution in [2.24, 2.45) is 5.92 Å². The van der Waals surface area contributed by atoms with Gasteiger partial charge in [0.25, 0.3) is 0 Å². The Hall–Kier alpha value is -2.66. The van der Waals surface area contributed by atoms with E-state index in [2.05, 4.69) is 84.1 Å². The molecule has 5 rings (SSSR count). The molecule has 1 saturated carbocycles. The highest BCUT2D eigenvalue weighted by Gasteiger charge is 2.34. The SMILES string of the molecule is Cc1nc2ccccc2n1C1C[C@@H](C)N(CC[C@H](NC(=O)C2CCC2)c2ccccc2)[C@@H](C)C1. The number of nitrogens with one attached hydrogen (secondary N) is 1. The number of aryl methyl sites for hydroxylation is 1. The van der Waals surface area contributed by atoms with E-state index in [0.717, 1.165) is 50.0 Å². The van der Waals surface area contributed by atoms with Gasteiger partial charge < -0.3 is 9.88 Å². The minimum atomic E-state index is 0.0752. The minimum absolute atomic E-state index is 0.0752. The largest absolute Gasteiger partial charge is 0.349 e. The summed E-state index contributed by atoms with van der Waals surface area (Å²) in [5.74, 6) is 1.57. The van der Waals surface area contributed by atoms with Crippen molar-refractivity contribution in [3.05, 3.63) is 66.0 Å². The smallest absolute Gasteiger partial charge is 0.223 e. The molecule has 1 amide bonds. The minimum Gasteiger partial charge on any atom is -0.349 e. The predicted octanol–water partition coefficient (Wildman–Crippen LogP) is 5.81. The van der Waals surface area contributed by atoms with E-state index in [1.54, 1.807) is 0 Å². The lowest BCUT2D eigenvalue weighted by Crippen LogP contribution is -2.48. The molecule has 3 aromatic rings. The number of hydrogen-bond acceptors (Lipinski definition) is 3. The fourth-order valence-corrected chi connectivity index (χ4v) is 6.11. The van der Waals surface area contributed by atoms with Crippen LogP contribution in [0.2, 0.25) is 0 Å². The lowest BCUT2D eigenvalue weighted by Gasteiger charge is -2.44. The van der Waals surface area contributed by atoms with E-state index in [9.17, 15) is 4.79 Å². The Bertz CT molecular complexity index is 1110. The molecular formula is C29H38N4O. The van der Waals surface area contributed by atoms with Crippen molar-refractivity contribution in [3.63, 3.8) is 0 Å². The van der Waals surface area contributed by atoms with Gasteiger partial charge in [-0.15, -0.1) is 0 Å². The summed E-state index contributed by atoms with van der Waals surface area (Å²) in [5, 5.41) is 3.39. The van der Waals surface area contributed by atoms with Gasteiger partial charge >= 0.3 is 0 Å². The van der Waals surface area contributed by atoms with E-state index in [4.69, 9.17) is 4.98 Å². The van der Waals surface area contributed by atoms with Crippen LogP contribution in [0.4, 0.5) is 0 Å². The first-order valence-corrected chi connectivity index (χ1v) is 13.1. The number of aromatic nitrogens is 2. The number of benzene rings is 2. The van der Waals surface area contributed by atoms with Gasteiger partial charge in [-0.2, -0.15) is 0 Å². The van der Waals surface area contributed by atoms with Crippen molar-refractivity contribution in [2.45, 2.75) is 83.5 Å². The Morgan fingerprint density at radius 2 is 1.71 bits per heavy atom.